The van der Waals surface area contributed by atoms with E-state index in [-0.39, 0.29) is 16.4 Å². The maximum Gasteiger partial charge on any atom is 0.256 e. The summed E-state index contributed by atoms with van der Waals surface area (Å²) in [7, 11) is -3.20. The summed E-state index contributed by atoms with van der Waals surface area (Å²) < 4.78 is 42.4. The molecule has 2 aromatic carbocycles. The Kier molecular flexibility index (Phi) is 6.87. The number of carbonyl (C=O) groups is 1. The minimum absolute atomic E-state index is 0.122. The molecule has 3 rings (SSSR count). The van der Waals surface area contributed by atoms with Crippen LogP contribution in [0.4, 0.5) is 4.39 Å². The van der Waals surface area contributed by atoms with Gasteiger partial charge < -0.3 is 9.64 Å². The van der Waals surface area contributed by atoms with Gasteiger partial charge in [0, 0.05) is 39.0 Å². The van der Waals surface area contributed by atoms with Crippen molar-refractivity contribution in [2.75, 3.05) is 45.6 Å². The number of nitrogens with zero attached hydrogens (tertiary/aromatic N) is 2. The van der Waals surface area contributed by atoms with E-state index in [2.05, 4.69) is 4.90 Å². The molecule has 1 fully saturated rings. The van der Waals surface area contributed by atoms with E-state index in [4.69, 9.17) is 4.74 Å². The van der Waals surface area contributed by atoms with Crippen LogP contribution in [0.3, 0.4) is 0 Å². The van der Waals surface area contributed by atoms with E-state index in [0.717, 1.165) is 26.1 Å². The third-order valence-electron chi connectivity index (χ3n) is 4.90. The average Bonchev–Trinajstić information content (AvgIpc) is 2.71. The minimum Gasteiger partial charge on any atom is -0.494 e. The van der Waals surface area contributed by atoms with Crippen molar-refractivity contribution >= 4 is 15.7 Å². The van der Waals surface area contributed by atoms with Crippen LogP contribution < -0.4 is 4.74 Å². The Morgan fingerprint density at radius 2 is 1.69 bits per heavy atom. The number of carbonyl (C=O) groups excluding carboxylic acids is 1. The number of ether oxygens (including phenoxy) is 1. The minimum atomic E-state index is -3.20. The molecule has 156 valence electrons. The average molecular weight is 421 g/mol. The highest BCUT2D eigenvalue weighted by molar-refractivity contribution is 7.90. The van der Waals surface area contributed by atoms with E-state index in [9.17, 15) is 17.6 Å². The van der Waals surface area contributed by atoms with Gasteiger partial charge in [-0.2, -0.15) is 0 Å². The molecule has 0 unspecified atom stereocenters. The standard InChI is InChI=1S/C21H25FN2O4S/c1-29(26,27)18-9-7-17(8-10-18)28-16-4-11-23-12-14-24(15-13-23)21(25)19-5-2-3-6-20(19)22/h2-3,5-10H,4,11-16H2,1H3. The zero-order valence-electron chi connectivity index (χ0n) is 16.4. The van der Waals surface area contributed by atoms with Gasteiger partial charge in [-0.1, -0.05) is 12.1 Å². The van der Waals surface area contributed by atoms with Crippen molar-refractivity contribution in [3.8, 4) is 5.75 Å². The highest BCUT2D eigenvalue weighted by Gasteiger charge is 2.23. The molecule has 0 radical (unpaired) electrons. The van der Waals surface area contributed by atoms with Gasteiger partial charge >= 0.3 is 0 Å². The van der Waals surface area contributed by atoms with Crippen molar-refractivity contribution in [2.45, 2.75) is 11.3 Å². The molecule has 2 aromatic rings. The quantitative estimate of drug-likeness (QED) is 0.644. The van der Waals surface area contributed by atoms with Gasteiger partial charge in [-0.15, -0.1) is 0 Å². The van der Waals surface area contributed by atoms with Crippen LogP contribution in [0.5, 0.6) is 5.75 Å². The molecule has 29 heavy (non-hydrogen) atoms. The highest BCUT2D eigenvalue weighted by Crippen LogP contribution is 2.16. The van der Waals surface area contributed by atoms with Crippen molar-refractivity contribution in [3.63, 3.8) is 0 Å². The van der Waals surface area contributed by atoms with Crippen LogP contribution in [0.2, 0.25) is 0 Å². The molecule has 1 amide bonds. The lowest BCUT2D eigenvalue weighted by Crippen LogP contribution is -2.49. The summed E-state index contributed by atoms with van der Waals surface area (Å²) in [6.07, 6.45) is 1.99. The van der Waals surface area contributed by atoms with Crippen LogP contribution in [0.1, 0.15) is 16.8 Å². The number of rotatable bonds is 7. The monoisotopic (exact) mass is 420 g/mol. The summed E-state index contributed by atoms with van der Waals surface area (Å²) in [6, 6.07) is 12.5. The Morgan fingerprint density at radius 3 is 2.31 bits per heavy atom. The lowest BCUT2D eigenvalue weighted by atomic mass is 10.1. The molecule has 0 atom stereocenters. The number of benzene rings is 2. The van der Waals surface area contributed by atoms with Gasteiger partial charge in [0.25, 0.3) is 5.91 Å². The van der Waals surface area contributed by atoms with Crippen LogP contribution in [0.25, 0.3) is 0 Å². The van der Waals surface area contributed by atoms with E-state index in [1.54, 1.807) is 29.2 Å². The summed E-state index contributed by atoms with van der Waals surface area (Å²) in [5, 5.41) is 0. The number of piperazine rings is 1. The third kappa shape index (κ3) is 5.77. The summed E-state index contributed by atoms with van der Waals surface area (Å²) in [4.78, 5) is 16.7. The van der Waals surface area contributed by atoms with Crippen LogP contribution in [-0.2, 0) is 9.84 Å². The molecule has 0 aliphatic carbocycles. The molecule has 8 heteroatoms. The number of hydrogen-bond acceptors (Lipinski definition) is 5. The largest absolute Gasteiger partial charge is 0.494 e. The molecule has 1 aliphatic rings. The third-order valence-corrected chi connectivity index (χ3v) is 6.03. The van der Waals surface area contributed by atoms with Gasteiger partial charge in [0.2, 0.25) is 0 Å². The van der Waals surface area contributed by atoms with Gasteiger partial charge in [-0.3, -0.25) is 9.69 Å². The molecule has 1 aliphatic heterocycles. The molecule has 1 saturated heterocycles. The number of sulfone groups is 1. The van der Waals surface area contributed by atoms with Gasteiger partial charge in [0.1, 0.15) is 11.6 Å². The van der Waals surface area contributed by atoms with E-state index < -0.39 is 15.7 Å². The fraction of sp³-hybridized carbons (Fsp3) is 0.381. The van der Waals surface area contributed by atoms with Crippen LogP contribution >= 0.6 is 0 Å². The molecule has 0 saturated carbocycles. The Labute approximate surface area is 170 Å². The molecule has 0 N–H and O–H groups in total. The lowest BCUT2D eigenvalue weighted by Gasteiger charge is -2.34. The zero-order valence-corrected chi connectivity index (χ0v) is 17.2. The topological polar surface area (TPSA) is 66.9 Å². The van der Waals surface area contributed by atoms with Crippen molar-refractivity contribution in [2.24, 2.45) is 0 Å². The van der Waals surface area contributed by atoms with Gasteiger partial charge in [-0.05, 0) is 42.8 Å². The number of halogens is 1. The Morgan fingerprint density at radius 1 is 1.03 bits per heavy atom. The smallest absolute Gasteiger partial charge is 0.256 e. The molecule has 0 spiro atoms. The van der Waals surface area contributed by atoms with E-state index in [1.807, 2.05) is 0 Å². The number of amides is 1. The van der Waals surface area contributed by atoms with Gasteiger partial charge in [-0.25, -0.2) is 12.8 Å². The molecular formula is C21H25FN2O4S. The predicted molar refractivity (Wildman–Crippen MR) is 108 cm³/mol. The first kappa shape index (κ1) is 21.3. The summed E-state index contributed by atoms with van der Waals surface area (Å²) in [5.41, 5.74) is 0.122. The van der Waals surface area contributed by atoms with Crippen molar-refractivity contribution in [1.29, 1.82) is 0 Å². The predicted octanol–water partition coefficient (Wildman–Crippen LogP) is 2.46. The SMILES string of the molecule is CS(=O)(=O)c1ccc(OCCCN2CCN(C(=O)c3ccccc3F)CC2)cc1. The van der Waals surface area contributed by atoms with Gasteiger partial charge in [0.15, 0.2) is 9.84 Å². The fourth-order valence-electron chi connectivity index (χ4n) is 3.24. The van der Waals surface area contributed by atoms with Crippen LogP contribution in [-0.4, -0.2) is 69.7 Å². The molecular weight excluding hydrogens is 395 g/mol. The van der Waals surface area contributed by atoms with E-state index in [0.29, 0.717) is 25.4 Å². The van der Waals surface area contributed by atoms with Crippen LogP contribution in [0.15, 0.2) is 53.4 Å². The summed E-state index contributed by atoms with van der Waals surface area (Å²) in [6.45, 7) is 3.98. The van der Waals surface area contributed by atoms with E-state index in [1.165, 1.54) is 30.5 Å². The molecule has 6 nitrogen and oxygen atoms in total. The Hall–Kier alpha value is -2.45. The first-order valence-electron chi connectivity index (χ1n) is 9.54. The van der Waals surface area contributed by atoms with Crippen molar-refractivity contribution < 1.29 is 22.3 Å². The number of hydrogen-bond donors (Lipinski definition) is 0. The summed E-state index contributed by atoms with van der Waals surface area (Å²) >= 11 is 0. The Bertz CT molecular complexity index is 939. The van der Waals surface area contributed by atoms with Gasteiger partial charge in [0.05, 0.1) is 17.1 Å². The molecule has 0 aromatic heterocycles. The first-order chi connectivity index (χ1) is 13.8. The molecule has 0 bridgehead atoms. The van der Waals surface area contributed by atoms with E-state index >= 15 is 0 Å². The van der Waals surface area contributed by atoms with Crippen LogP contribution in [0, 0.1) is 5.82 Å². The second-order valence-corrected chi connectivity index (χ2v) is 9.08. The first-order valence-corrected chi connectivity index (χ1v) is 11.4. The second-order valence-electron chi connectivity index (χ2n) is 7.06. The zero-order chi connectivity index (χ0) is 20.9. The molecule has 1 heterocycles. The maximum atomic E-state index is 13.8. The lowest BCUT2D eigenvalue weighted by molar-refractivity contribution is 0.0626. The normalized spacial score (nSPS) is 15.3. The van der Waals surface area contributed by atoms with Crippen molar-refractivity contribution in [3.05, 3.63) is 59.9 Å². The second kappa shape index (κ2) is 9.37. The highest BCUT2D eigenvalue weighted by atomic mass is 32.2. The Balaban J connectivity index is 1.38. The van der Waals surface area contributed by atoms with Crippen molar-refractivity contribution in [1.82, 2.24) is 9.80 Å². The maximum absolute atomic E-state index is 13.8. The fourth-order valence-corrected chi connectivity index (χ4v) is 3.87. The summed E-state index contributed by atoms with van der Waals surface area (Å²) in [5.74, 6) is -0.108.